The van der Waals surface area contributed by atoms with E-state index in [1.165, 1.54) is 23.6 Å². The fourth-order valence-corrected chi connectivity index (χ4v) is 2.84. The molecule has 24 heavy (non-hydrogen) atoms. The number of carbonyl (C=O) groups excluding carboxylic acids is 1. The second kappa shape index (κ2) is 7.18. The topological polar surface area (TPSA) is 50.7 Å². The number of thiophene rings is 1. The number of halogens is 2. The molecule has 0 aliphatic carbocycles. The van der Waals surface area contributed by atoms with E-state index in [0.717, 1.165) is 5.39 Å². The molecule has 1 aromatic heterocycles. The van der Waals surface area contributed by atoms with Crippen molar-refractivity contribution in [2.24, 2.45) is 5.10 Å². The molecule has 0 fully saturated rings. The monoisotopic (exact) mass is 346 g/mol. The lowest BCUT2D eigenvalue weighted by Gasteiger charge is -2.10. The van der Waals surface area contributed by atoms with Gasteiger partial charge >= 0.3 is 6.61 Å². The van der Waals surface area contributed by atoms with Gasteiger partial charge in [0.25, 0.3) is 5.91 Å². The summed E-state index contributed by atoms with van der Waals surface area (Å²) in [5.74, 6) is -0.365. The van der Waals surface area contributed by atoms with E-state index < -0.39 is 6.61 Å². The minimum absolute atomic E-state index is 0.00202. The van der Waals surface area contributed by atoms with Gasteiger partial charge in [0, 0.05) is 5.56 Å². The van der Waals surface area contributed by atoms with E-state index >= 15 is 0 Å². The molecule has 3 aromatic rings. The van der Waals surface area contributed by atoms with E-state index in [4.69, 9.17) is 0 Å². The van der Waals surface area contributed by atoms with Crippen LogP contribution in [0.5, 0.6) is 5.75 Å². The molecule has 0 aliphatic rings. The molecule has 0 aliphatic heterocycles. The third-order valence-electron chi connectivity index (χ3n) is 3.25. The lowest BCUT2D eigenvalue weighted by molar-refractivity contribution is -0.0498. The maximum atomic E-state index is 12.6. The van der Waals surface area contributed by atoms with Crippen LogP contribution in [0, 0.1) is 0 Å². The highest BCUT2D eigenvalue weighted by atomic mass is 32.1. The molecule has 0 radical (unpaired) electrons. The Morgan fingerprint density at radius 1 is 1.17 bits per heavy atom. The summed E-state index contributed by atoms with van der Waals surface area (Å²) in [6, 6.07) is 13.8. The number of amides is 1. The molecule has 0 saturated heterocycles. The maximum Gasteiger partial charge on any atom is 0.387 e. The van der Waals surface area contributed by atoms with Crippen molar-refractivity contribution in [3.05, 3.63) is 64.4 Å². The van der Waals surface area contributed by atoms with Gasteiger partial charge in [0.1, 0.15) is 5.75 Å². The lowest BCUT2D eigenvalue weighted by atomic mass is 10.0. The van der Waals surface area contributed by atoms with Crippen LogP contribution in [0.1, 0.15) is 15.2 Å². The van der Waals surface area contributed by atoms with E-state index in [1.54, 1.807) is 35.7 Å². The number of carbonyl (C=O) groups is 1. The van der Waals surface area contributed by atoms with Crippen molar-refractivity contribution < 1.29 is 18.3 Å². The van der Waals surface area contributed by atoms with Crippen molar-refractivity contribution in [2.45, 2.75) is 6.61 Å². The van der Waals surface area contributed by atoms with Gasteiger partial charge in [-0.2, -0.15) is 13.9 Å². The average Bonchev–Trinajstić information content (AvgIpc) is 3.10. The van der Waals surface area contributed by atoms with E-state index in [1.807, 2.05) is 12.1 Å². The van der Waals surface area contributed by atoms with E-state index in [-0.39, 0.29) is 11.7 Å². The lowest BCUT2D eigenvalue weighted by Crippen LogP contribution is -2.16. The van der Waals surface area contributed by atoms with Crippen molar-refractivity contribution >= 4 is 34.2 Å². The molecule has 0 unspecified atom stereocenters. The van der Waals surface area contributed by atoms with Gasteiger partial charge in [-0.05, 0) is 28.3 Å². The van der Waals surface area contributed by atoms with Gasteiger partial charge in [0.15, 0.2) is 0 Å². The van der Waals surface area contributed by atoms with Crippen LogP contribution in [0.4, 0.5) is 8.78 Å². The van der Waals surface area contributed by atoms with Crippen LogP contribution < -0.4 is 10.2 Å². The summed E-state index contributed by atoms with van der Waals surface area (Å²) in [7, 11) is 0. The summed E-state index contributed by atoms with van der Waals surface area (Å²) in [5.41, 5.74) is 2.75. The Bertz CT molecular complexity index is 879. The first-order chi connectivity index (χ1) is 11.6. The third kappa shape index (κ3) is 3.57. The summed E-state index contributed by atoms with van der Waals surface area (Å²) in [5, 5.41) is 7.20. The highest BCUT2D eigenvalue weighted by Crippen LogP contribution is 2.27. The molecule has 0 bridgehead atoms. The van der Waals surface area contributed by atoms with Crippen LogP contribution in [0.15, 0.2) is 59.0 Å². The zero-order valence-electron chi connectivity index (χ0n) is 12.3. The Balaban J connectivity index is 1.91. The van der Waals surface area contributed by atoms with Crippen LogP contribution in [-0.4, -0.2) is 18.7 Å². The molecule has 7 heteroatoms. The first kappa shape index (κ1) is 16.1. The van der Waals surface area contributed by atoms with Gasteiger partial charge in [0.2, 0.25) is 0 Å². The molecule has 2 aromatic carbocycles. The number of rotatable bonds is 5. The van der Waals surface area contributed by atoms with Gasteiger partial charge in [-0.25, -0.2) is 5.43 Å². The highest BCUT2D eigenvalue weighted by Gasteiger charge is 2.12. The minimum Gasteiger partial charge on any atom is -0.434 e. The van der Waals surface area contributed by atoms with Gasteiger partial charge in [-0.1, -0.05) is 36.4 Å². The second-order valence-electron chi connectivity index (χ2n) is 4.75. The van der Waals surface area contributed by atoms with E-state index in [9.17, 15) is 13.6 Å². The SMILES string of the molecule is O=C(N/N=C\c1c(OC(F)F)ccc2ccccc12)c1cccs1. The molecule has 0 saturated carbocycles. The maximum absolute atomic E-state index is 12.6. The fourth-order valence-electron chi connectivity index (χ4n) is 2.23. The third-order valence-corrected chi connectivity index (χ3v) is 4.12. The van der Waals surface area contributed by atoms with Gasteiger partial charge in [0.05, 0.1) is 11.1 Å². The van der Waals surface area contributed by atoms with Crippen molar-refractivity contribution in [3.63, 3.8) is 0 Å². The Labute approximate surface area is 140 Å². The molecule has 3 rings (SSSR count). The molecule has 0 spiro atoms. The van der Waals surface area contributed by atoms with Crippen LogP contribution in [-0.2, 0) is 0 Å². The molecular formula is C17H12F2N2O2S. The standard InChI is InChI=1S/C17H12F2N2O2S/c18-17(19)23-14-8-7-11-4-1-2-5-12(11)13(14)10-20-21-16(22)15-6-3-9-24-15/h1-10,17H,(H,21,22)/b20-10-. The summed E-state index contributed by atoms with van der Waals surface area (Å²) in [6.45, 7) is -2.95. The largest absolute Gasteiger partial charge is 0.434 e. The van der Waals surface area contributed by atoms with Crippen LogP contribution in [0.2, 0.25) is 0 Å². The van der Waals surface area contributed by atoms with Crippen LogP contribution >= 0.6 is 11.3 Å². The smallest absolute Gasteiger partial charge is 0.387 e. The Morgan fingerprint density at radius 3 is 2.75 bits per heavy atom. The van der Waals surface area contributed by atoms with E-state index in [0.29, 0.717) is 15.8 Å². The predicted octanol–water partition coefficient (Wildman–Crippen LogP) is 4.27. The Hall–Kier alpha value is -2.80. The van der Waals surface area contributed by atoms with Gasteiger partial charge in [-0.15, -0.1) is 11.3 Å². The average molecular weight is 346 g/mol. The molecule has 1 N–H and O–H groups in total. The molecule has 0 atom stereocenters. The van der Waals surface area contributed by atoms with Crippen molar-refractivity contribution in [1.82, 2.24) is 5.43 Å². The zero-order valence-corrected chi connectivity index (χ0v) is 13.1. The van der Waals surface area contributed by atoms with E-state index in [2.05, 4.69) is 15.3 Å². The molecule has 4 nitrogen and oxygen atoms in total. The first-order valence-corrected chi connectivity index (χ1v) is 7.86. The summed E-state index contributed by atoms with van der Waals surface area (Å²) < 4.78 is 29.8. The number of alkyl halides is 2. The molecule has 122 valence electrons. The Morgan fingerprint density at radius 2 is 2.00 bits per heavy atom. The number of nitrogens with one attached hydrogen (secondary N) is 1. The number of hydrazone groups is 1. The van der Waals surface area contributed by atoms with Crippen molar-refractivity contribution in [1.29, 1.82) is 0 Å². The Kier molecular flexibility index (Phi) is 4.81. The van der Waals surface area contributed by atoms with Crippen LogP contribution in [0.25, 0.3) is 10.8 Å². The fraction of sp³-hybridized carbons (Fsp3) is 0.0588. The number of ether oxygens (including phenoxy) is 1. The van der Waals surface area contributed by atoms with Crippen molar-refractivity contribution in [2.75, 3.05) is 0 Å². The normalized spacial score (nSPS) is 11.3. The summed E-state index contributed by atoms with van der Waals surface area (Å²) in [4.78, 5) is 12.4. The van der Waals surface area contributed by atoms with Crippen LogP contribution in [0.3, 0.4) is 0 Å². The number of hydrogen-bond acceptors (Lipinski definition) is 4. The summed E-state index contributed by atoms with van der Waals surface area (Å²) >= 11 is 1.28. The molecular weight excluding hydrogens is 334 g/mol. The first-order valence-electron chi connectivity index (χ1n) is 6.98. The van der Waals surface area contributed by atoms with Gasteiger partial charge < -0.3 is 4.74 Å². The minimum atomic E-state index is -2.95. The number of nitrogens with zero attached hydrogens (tertiary/aromatic N) is 1. The van der Waals surface area contributed by atoms with Crippen molar-refractivity contribution in [3.8, 4) is 5.75 Å². The molecule has 1 amide bonds. The summed E-state index contributed by atoms with van der Waals surface area (Å²) in [6.07, 6.45) is 1.31. The quantitative estimate of drug-likeness (QED) is 0.554. The number of benzene rings is 2. The number of fused-ring (bicyclic) bond motifs is 1. The predicted molar refractivity (Wildman–Crippen MR) is 90.0 cm³/mol. The van der Waals surface area contributed by atoms with Gasteiger partial charge in [-0.3, -0.25) is 4.79 Å². The second-order valence-corrected chi connectivity index (χ2v) is 5.70. The number of hydrogen-bond donors (Lipinski definition) is 1. The zero-order chi connectivity index (χ0) is 16.9. The molecule has 1 heterocycles. The highest BCUT2D eigenvalue weighted by molar-refractivity contribution is 7.12.